The maximum atomic E-state index is 10.8. The van der Waals surface area contributed by atoms with Gasteiger partial charge in [-0.15, -0.1) is 4.91 Å². The van der Waals surface area contributed by atoms with Gasteiger partial charge in [-0.3, -0.25) is 0 Å². The lowest BCUT2D eigenvalue weighted by Crippen LogP contribution is -2.17. The van der Waals surface area contributed by atoms with Gasteiger partial charge in [0.15, 0.2) is 0 Å². The maximum Gasteiger partial charge on any atom is 0.127 e. The molecule has 158 valence electrons. The Labute approximate surface area is 185 Å². The van der Waals surface area contributed by atoms with E-state index >= 15 is 0 Å². The van der Waals surface area contributed by atoms with E-state index in [1.165, 1.54) is 0 Å². The number of fused-ring (bicyclic) bond motifs is 1. The molecular formula is C27H21NO4. The molecule has 0 saturated carbocycles. The molecule has 0 amide bonds. The summed E-state index contributed by atoms with van der Waals surface area (Å²) in [6.45, 7) is 0.362. The van der Waals surface area contributed by atoms with Crippen molar-refractivity contribution >= 4 is 16.8 Å². The summed E-state index contributed by atoms with van der Waals surface area (Å²) in [4.78, 5) is 10.8. The van der Waals surface area contributed by atoms with Crippen molar-refractivity contribution in [3.05, 3.63) is 118 Å². The van der Waals surface area contributed by atoms with Crippen molar-refractivity contribution < 1.29 is 14.6 Å². The van der Waals surface area contributed by atoms with Crippen LogP contribution in [0.2, 0.25) is 0 Å². The number of nitroso groups, excluding NO2 is 1. The van der Waals surface area contributed by atoms with Crippen molar-refractivity contribution in [3.63, 3.8) is 0 Å². The van der Waals surface area contributed by atoms with Gasteiger partial charge in [0.05, 0.1) is 6.10 Å². The molecule has 1 N–H and O–H groups in total. The van der Waals surface area contributed by atoms with Crippen molar-refractivity contribution in [1.29, 1.82) is 0 Å². The number of nitrogens with zero attached hydrogens (tertiary/aromatic N) is 1. The number of rotatable bonds is 5. The zero-order valence-corrected chi connectivity index (χ0v) is 17.3. The van der Waals surface area contributed by atoms with Gasteiger partial charge in [0, 0.05) is 11.1 Å². The number of aliphatic hydroxyl groups excluding tert-OH is 1. The first-order chi connectivity index (χ1) is 15.7. The Morgan fingerprint density at radius 2 is 1.56 bits per heavy atom. The molecule has 0 aromatic heterocycles. The fourth-order valence-corrected chi connectivity index (χ4v) is 4.00. The van der Waals surface area contributed by atoms with Crippen LogP contribution in [0.25, 0.3) is 11.1 Å². The van der Waals surface area contributed by atoms with E-state index < -0.39 is 6.10 Å². The van der Waals surface area contributed by atoms with Crippen molar-refractivity contribution in [2.24, 2.45) is 5.18 Å². The summed E-state index contributed by atoms with van der Waals surface area (Å²) in [5.74, 6) is 2.22. The van der Waals surface area contributed by atoms with Gasteiger partial charge in [-0.2, -0.15) is 0 Å². The van der Waals surface area contributed by atoms with E-state index in [-0.39, 0.29) is 0 Å². The number of aliphatic hydroxyl groups is 1. The zero-order chi connectivity index (χ0) is 21.9. The van der Waals surface area contributed by atoms with Crippen molar-refractivity contribution in [3.8, 4) is 11.5 Å². The normalized spacial score (nSPS) is 17.6. The Balaban J connectivity index is 1.56. The van der Waals surface area contributed by atoms with Crippen LogP contribution in [0.5, 0.6) is 11.5 Å². The zero-order valence-electron chi connectivity index (χ0n) is 17.3. The summed E-state index contributed by atoms with van der Waals surface area (Å²) >= 11 is 0. The van der Waals surface area contributed by atoms with Crippen molar-refractivity contribution in [2.75, 3.05) is 6.61 Å². The third kappa shape index (κ3) is 3.98. The van der Waals surface area contributed by atoms with Crippen LogP contribution < -0.4 is 4.74 Å². The quantitative estimate of drug-likeness (QED) is 0.483. The Kier molecular flexibility index (Phi) is 5.40. The van der Waals surface area contributed by atoms with E-state index in [0.29, 0.717) is 24.5 Å². The summed E-state index contributed by atoms with van der Waals surface area (Å²) < 4.78 is 11.9. The van der Waals surface area contributed by atoms with E-state index in [4.69, 9.17) is 9.47 Å². The van der Waals surface area contributed by atoms with Gasteiger partial charge in [-0.1, -0.05) is 48.5 Å². The summed E-state index contributed by atoms with van der Waals surface area (Å²) in [6, 6.07) is 24.8. The number of hydrogen-bond donors (Lipinski definition) is 1. The molecule has 0 saturated heterocycles. The van der Waals surface area contributed by atoms with Crippen LogP contribution in [0.4, 0.5) is 5.69 Å². The highest BCUT2D eigenvalue weighted by atomic mass is 16.5. The van der Waals surface area contributed by atoms with Crippen LogP contribution in [0.3, 0.4) is 0 Å². The van der Waals surface area contributed by atoms with E-state index in [9.17, 15) is 10.0 Å². The Morgan fingerprint density at radius 3 is 2.28 bits per heavy atom. The molecule has 5 rings (SSSR count). The van der Waals surface area contributed by atoms with Crippen LogP contribution in [0.1, 0.15) is 17.5 Å². The second kappa shape index (κ2) is 8.65. The van der Waals surface area contributed by atoms with Gasteiger partial charge in [0.2, 0.25) is 0 Å². The van der Waals surface area contributed by atoms with Crippen LogP contribution in [0, 0.1) is 4.91 Å². The van der Waals surface area contributed by atoms with Crippen LogP contribution in [0.15, 0.2) is 108 Å². The largest absolute Gasteiger partial charge is 0.488 e. The second-order valence-corrected chi connectivity index (χ2v) is 7.67. The molecule has 1 heterocycles. The summed E-state index contributed by atoms with van der Waals surface area (Å²) in [6.07, 6.45) is 3.77. The molecule has 5 nitrogen and oxygen atoms in total. The lowest BCUT2D eigenvalue weighted by Gasteiger charge is -2.30. The smallest absolute Gasteiger partial charge is 0.127 e. The van der Waals surface area contributed by atoms with Crippen LogP contribution >= 0.6 is 0 Å². The lowest BCUT2D eigenvalue weighted by atomic mass is 9.84. The minimum absolute atomic E-state index is 0.362. The van der Waals surface area contributed by atoms with E-state index in [1.54, 1.807) is 18.2 Å². The fraction of sp³-hybridized carbons (Fsp3) is 0.111. The number of para-hydroxylation sites is 1. The molecule has 1 atom stereocenters. The lowest BCUT2D eigenvalue weighted by molar-refractivity contribution is 0.201. The summed E-state index contributed by atoms with van der Waals surface area (Å²) in [5, 5.41) is 13.0. The molecule has 32 heavy (non-hydrogen) atoms. The molecule has 2 aliphatic rings. The first-order valence-electron chi connectivity index (χ1n) is 10.4. The predicted molar refractivity (Wildman–Crippen MR) is 124 cm³/mol. The monoisotopic (exact) mass is 423 g/mol. The van der Waals surface area contributed by atoms with Crippen LogP contribution in [-0.4, -0.2) is 17.8 Å². The van der Waals surface area contributed by atoms with E-state index in [0.717, 1.165) is 39.3 Å². The second-order valence-electron chi connectivity index (χ2n) is 7.67. The third-order valence-corrected chi connectivity index (χ3v) is 5.56. The number of allylic oxidation sites excluding steroid dienone is 1. The highest BCUT2D eigenvalue weighted by Crippen LogP contribution is 2.43. The predicted octanol–water partition coefficient (Wildman–Crippen LogP) is 6.39. The Morgan fingerprint density at radius 1 is 0.875 bits per heavy atom. The van der Waals surface area contributed by atoms with Crippen molar-refractivity contribution in [1.82, 2.24) is 0 Å². The number of benzene rings is 3. The first-order valence-corrected chi connectivity index (χ1v) is 10.4. The average molecular weight is 423 g/mol. The van der Waals surface area contributed by atoms with Gasteiger partial charge in [0.25, 0.3) is 0 Å². The highest BCUT2D eigenvalue weighted by molar-refractivity contribution is 6.02. The van der Waals surface area contributed by atoms with Gasteiger partial charge in [-0.05, 0) is 70.8 Å². The molecule has 0 fully saturated rings. The first kappa shape index (κ1) is 20.0. The molecule has 0 spiro atoms. The van der Waals surface area contributed by atoms with E-state index in [1.807, 2.05) is 72.8 Å². The molecule has 3 aromatic carbocycles. The third-order valence-electron chi connectivity index (χ3n) is 5.56. The Hall–Kier alpha value is -3.96. The maximum absolute atomic E-state index is 10.8. The van der Waals surface area contributed by atoms with Gasteiger partial charge in [0.1, 0.15) is 29.6 Å². The molecule has 3 aromatic rings. The molecule has 5 heteroatoms. The van der Waals surface area contributed by atoms with Crippen LogP contribution in [-0.2, 0) is 4.74 Å². The molecule has 1 unspecified atom stereocenters. The molecule has 0 radical (unpaired) electrons. The van der Waals surface area contributed by atoms with E-state index in [2.05, 4.69) is 5.18 Å². The molecule has 1 aliphatic carbocycles. The molecule has 1 aliphatic heterocycles. The average Bonchev–Trinajstić information content (AvgIpc) is 2.84. The van der Waals surface area contributed by atoms with Crippen molar-refractivity contribution in [2.45, 2.75) is 12.5 Å². The SMILES string of the molecule is O=Nc1ccc(C2=C(c3ccc(Oc4ccccc4)cc3)C3=CCC(O)C=C3OC2)cc1. The minimum Gasteiger partial charge on any atom is -0.488 e. The van der Waals surface area contributed by atoms with Gasteiger partial charge < -0.3 is 14.6 Å². The standard InChI is InChI=1S/C27H21NO4/c29-21-12-15-24-26(16-21)31-17-25(18-6-10-20(28-30)11-7-18)27(24)19-8-13-23(14-9-19)32-22-4-2-1-3-5-22/h1-11,13-16,21,29H,12,17H2. The topological polar surface area (TPSA) is 68.1 Å². The highest BCUT2D eigenvalue weighted by Gasteiger charge is 2.28. The summed E-state index contributed by atoms with van der Waals surface area (Å²) in [7, 11) is 0. The van der Waals surface area contributed by atoms with Gasteiger partial charge >= 0.3 is 0 Å². The number of hydrogen-bond acceptors (Lipinski definition) is 5. The van der Waals surface area contributed by atoms with Gasteiger partial charge in [-0.25, -0.2) is 0 Å². The molecular weight excluding hydrogens is 402 g/mol. The molecule has 0 bridgehead atoms. The minimum atomic E-state index is -0.545. The number of ether oxygens (including phenoxy) is 2. The summed E-state index contributed by atoms with van der Waals surface area (Å²) in [5.41, 5.74) is 5.39. The fourth-order valence-electron chi connectivity index (χ4n) is 4.00. The Bertz CT molecular complexity index is 1220.